The fourth-order valence-electron chi connectivity index (χ4n) is 5.79. The molecule has 228 valence electrons. The van der Waals surface area contributed by atoms with Gasteiger partial charge in [0.15, 0.2) is 22.5 Å². The predicted molar refractivity (Wildman–Crippen MR) is 158 cm³/mol. The Morgan fingerprint density at radius 2 is 1.93 bits per heavy atom. The van der Waals surface area contributed by atoms with Gasteiger partial charge in [-0.25, -0.2) is 18.6 Å². The van der Waals surface area contributed by atoms with Gasteiger partial charge < -0.3 is 15.2 Å². The third kappa shape index (κ3) is 6.35. The van der Waals surface area contributed by atoms with Gasteiger partial charge in [0.1, 0.15) is 6.04 Å². The quantitative estimate of drug-likeness (QED) is 0.208. The zero-order valence-electron chi connectivity index (χ0n) is 23.9. The number of hydrogen-bond donors (Lipinski definition) is 2. The maximum atomic E-state index is 14.6. The number of carbonyl (C=O) groups excluding carboxylic acids is 1. The predicted octanol–water partition coefficient (Wildman–Crippen LogP) is 6.36. The van der Waals surface area contributed by atoms with Crippen LogP contribution in [0.25, 0.3) is 0 Å². The number of carboxylic acids is 1. The van der Waals surface area contributed by atoms with Gasteiger partial charge in [-0.15, -0.1) is 11.3 Å². The van der Waals surface area contributed by atoms with Gasteiger partial charge in [0.05, 0.1) is 35.4 Å². The van der Waals surface area contributed by atoms with Gasteiger partial charge >= 0.3 is 11.9 Å². The molecule has 1 aromatic carbocycles. The number of nitrogens with one attached hydrogen (secondary N) is 1. The van der Waals surface area contributed by atoms with Gasteiger partial charge in [-0.3, -0.25) is 14.5 Å². The van der Waals surface area contributed by atoms with Crippen molar-refractivity contribution in [2.45, 2.75) is 70.4 Å². The van der Waals surface area contributed by atoms with Crippen LogP contribution in [0.15, 0.2) is 52.4 Å². The molecule has 0 bridgehead atoms. The van der Waals surface area contributed by atoms with Crippen molar-refractivity contribution < 1.29 is 28.2 Å². The van der Waals surface area contributed by atoms with Gasteiger partial charge in [0, 0.05) is 29.0 Å². The monoisotopic (exact) mass is 631 g/mol. The average Bonchev–Trinajstić information content (AvgIpc) is 3.69. The van der Waals surface area contributed by atoms with Gasteiger partial charge in [-0.05, 0) is 69.9 Å². The lowest BCUT2D eigenvalue weighted by molar-refractivity contribution is -0.140. The van der Waals surface area contributed by atoms with Crippen molar-refractivity contribution in [1.29, 1.82) is 0 Å². The number of carbonyl (C=O) groups is 2. The molecule has 1 atom stereocenters. The lowest BCUT2D eigenvalue weighted by Gasteiger charge is -2.35. The number of aliphatic imine (C=N–C) groups is 1. The van der Waals surface area contributed by atoms with Gasteiger partial charge in [0.25, 0.3) is 0 Å². The van der Waals surface area contributed by atoms with E-state index in [0.29, 0.717) is 29.4 Å². The van der Waals surface area contributed by atoms with E-state index in [0.717, 1.165) is 24.5 Å². The van der Waals surface area contributed by atoms with Crippen molar-refractivity contribution in [3.63, 3.8) is 0 Å². The highest BCUT2D eigenvalue weighted by atomic mass is 35.5. The van der Waals surface area contributed by atoms with Gasteiger partial charge in [-0.1, -0.05) is 17.7 Å². The van der Waals surface area contributed by atoms with E-state index < -0.39 is 40.2 Å². The number of thiazole rings is 1. The minimum atomic E-state index is -1.21. The first-order chi connectivity index (χ1) is 20.5. The zero-order valence-corrected chi connectivity index (χ0v) is 25.5. The molecule has 0 amide bonds. The molecule has 1 aliphatic carbocycles. The van der Waals surface area contributed by atoms with Crippen LogP contribution in [-0.2, 0) is 19.9 Å². The van der Waals surface area contributed by atoms with E-state index in [1.807, 2.05) is 20.0 Å². The number of hydrogen-bond acceptors (Lipinski definition) is 8. The van der Waals surface area contributed by atoms with Crippen LogP contribution < -0.4 is 5.32 Å². The number of allylic oxidation sites excluding steroid dienone is 1. The Labute approximate surface area is 256 Å². The van der Waals surface area contributed by atoms with E-state index in [9.17, 15) is 23.5 Å². The molecule has 0 spiro atoms. The summed E-state index contributed by atoms with van der Waals surface area (Å²) in [4.78, 5) is 33.9. The van der Waals surface area contributed by atoms with Crippen LogP contribution in [0.4, 0.5) is 8.78 Å². The van der Waals surface area contributed by atoms with Crippen LogP contribution in [-0.4, -0.2) is 44.3 Å². The number of benzene rings is 1. The molecule has 2 aliphatic rings. The Morgan fingerprint density at radius 3 is 2.58 bits per heavy atom. The normalized spacial score (nSPS) is 20.9. The Morgan fingerprint density at radius 1 is 1.21 bits per heavy atom. The largest absolute Gasteiger partial charge is 0.481 e. The van der Waals surface area contributed by atoms with Crippen molar-refractivity contribution in [2.24, 2.45) is 10.9 Å². The van der Waals surface area contributed by atoms with Crippen LogP contribution in [0.5, 0.6) is 0 Å². The zero-order chi connectivity index (χ0) is 30.9. The van der Waals surface area contributed by atoms with Crippen LogP contribution >= 0.6 is 22.9 Å². The second-order valence-corrected chi connectivity index (χ2v) is 12.6. The molecule has 3 aromatic rings. The summed E-state index contributed by atoms with van der Waals surface area (Å²) in [6.07, 6.45) is 8.30. The number of halogens is 3. The number of carboxylic acid groups (broad SMARTS) is 1. The highest BCUT2D eigenvalue weighted by Crippen LogP contribution is 2.44. The van der Waals surface area contributed by atoms with E-state index in [1.54, 1.807) is 29.4 Å². The van der Waals surface area contributed by atoms with E-state index >= 15 is 0 Å². The molecule has 2 N–H and O–H groups in total. The van der Waals surface area contributed by atoms with E-state index in [-0.39, 0.29) is 36.0 Å². The number of esters is 1. The highest BCUT2D eigenvalue weighted by molar-refractivity contribution is 7.11. The molecule has 1 fully saturated rings. The Kier molecular flexibility index (Phi) is 8.98. The van der Waals surface area contributed by atoms with Crippen molar-refractivity contribution in [3.8, 4) is 0 Å². The summed E-state index contributed by atoms with van der Waals surface area (Å²) in [7, 11) is 0. The third-order valence-electron chi connectivity index (χ3n) is 7.98. The standard InChI is InChI=1S/C30H32ClF2N5O4S/c1-4-42-29(41)22-25(17-7-5-16(6-8-17)18-14-35-38(15-18)30(2,3)13-21(39)40)36-27(28-34-11-12-43-28)37-26(22)19-9-10-20(32)24(33)23(19)31/h9-12,14-17,26H,4-8,13H2,1-3H3,(H,36,37)(H,39,40). The van der Waals surface area contributed by atoms with E-state index in [4.69, 9.17) is 21.3 Å². The number of nitrogens with zero attached hydrogens (tertiary/aromatic N) is 4. The van der Waals surface area contributed by atoms with E-state index in [1.165, 1.54) is 17.4 Å². The van der Waals surface area contributed by atoms with Crippen molar-refractivity contribution in [1.82, 2.24) is 20.1 Å². The van der Waals surface area contributed by atoms with E-state index in [2.05, 4.69) is 15.4 Å². The minimum absolute atomic E-state index is 0.0521. The molecular weight excluding hydrogens is 600 g/mol. The minimum Gasteiger partial charge on any atom is -0.481 e. The van der Waals surface area contributed by atoms with Crippen LogP contribution in [0, 0.1) is 17.6 Å². The summed E-state index contributed by atoms with van der Waals surface area (Å²) in [5, 5.41) is 19.0. The SMILES string of the molecule is CCOC(=O)C1=C(C2CCC(c3cnn(C(C)(C)CC(=O)O)c3)CC2)NC(c2nccs2)=NC1c1ccc(F)c(F)c1Cl. The Balaban J connectivity index is 1.48. The Hall–Kier alpha value is -3.64. The molecule has 5 rings (SSSR count). The molecule has 13 heteroatoms. The summed E-state index contributed by atoms with van der Waals surface area (Å²) in [5.41, 5.74) is 1.34. The fourth-order valence-corrected chi connectivity index (χ4v) is 6.64. The summed E-state index contributed by atoms with van der Waals surface area (Å²) in [6, 6.07) is 1.28. The average molecular weight is 632 g/mol. The smallest absolute Gasteiger partial charge is 0.338 e. The fraction of sp³-hybridized carbons (Fsp3) is 0.433. The molecule has 1 saturated carbocycles. The van der Waals surface area contributed by atoms with Crippen molar-refractivity contribution in [3.05, 3.63) is 80.2 Å². The second-order valence-electron chi connectivity index (χ2n) is 11.3. The van der Waals surface area contributed by atoms with Crippen LogP contribution in [0.3, 0.4) is 0 Å². The summed E-state index contributed by atoms with van der Waals surface area (Å²) >= 11 is 7.66. The number of rotatable bonds is 9. The molecule has 2 aromatic heterocycles. The summed E-state index contributed by atoms with van der Waals surface area (Å²) < 4.78 is 35.8. The van der Waals surface area contributed by atoms with Gasteiger partial charge in [-0.2, -0.15) is 5.10 Å². The van der Waals surface area contributed by atoms with Crippen molar-refractivity contribution in [2.75, 3.05) is 6.61 Å². The maximum absolute atomic E-state index is 14.6. The molecule has 1 aliphatic heterocycles. The molecule has 9 nitrogen and oxygen atoms in total. The first-order valence-electron chi connectivity index (χ1n) is 14.1. The second kappa shape index (κ2) is 12.5. The van der Waals surface area contributed by atoms with Crippen molar-refractivity contribution >= 4 is 40.7 Å². The topological polar surface area (TPSA) is 119 Å². The molecule has 1 unspecified atom stereocenters. The maximum Gasteiger partial charge on any atom is 0.338 e. The summed E-state index contributed by atoms with van der Waals surface area (Å²) in [5.74, 6) is -3.29. The first-order valence-corrected chi connectivity index (χ1v) is 15.3. The number of amidine groups is 1. The molecule has 3 heterocycles. The lowest BCUT2D eigenvalue weighted by atomic mass is 9.76. The first kappa shape index (κ1) is 30.8. The molecular formula is C30H32ClF2N5O4S. The summed E-state index contributed by atoms with van der Waals surface area (Å²) in [6.45, 7) is 5.49. The Bertz CT molecular complexity index is 1580. The van der Waals surface area contributed by atoms with Gasteiger partial charge in [0.2, 0.25) is 0 Å². The van der Waals surface area contributed by atoms with Crippen LogP contribution in [0.2, 0.25) is 5.02 Å². The number of aromatic nitrogens is 3. The number of aliphatic carboxylic acids is 1. The lowest BCUT2D eigenvalue weighted by Crippen LogP contribution is -2.38. The van der Waals surface area contributed by atoms with Crippen LogP contribution in [0.1, 0.15) is 81.0 Å². The molecule has 0 saturated heterocycles. The molecule has 0 radical (unpaired) electrons. The molecule has 43 heavy (non-hydrogen) atoms. The number of ether oxygens (including phenoxy) is 1. The third-order valence-corrected chi connectivity index (χ3v) is 9.14. The highest BCUT2D eigenvalue weighted by Gasteiger charge is 2.39.